The molecule has 0 aromatic heterocycles. The number of nitrogens with zero attached hydrogens (tertiary/aromatic N) is 1. The van der Waals surface area contributed by atoms with Gasteiger partial charge in [-0.1, -0.05) is 16.0 Å². The highest BCUT2D eigenvalue weighted by atomic mass is 35.5. The van der Waals surface area contributed by atoms with Crippen molar-refractivity contribution in [2.75, 3.05) is 6.61 Å². The molecule has 0 heterocycles. The van der Waals surface area contributed by atoms with Crippen LogP contribution in [0.5, 0.6) is 0 Å². The molecule has 1 aromatic rings. The maximum Gasteiger partial charge on any atom is 0.443 e. The number of benzene rings is 1. The van der Waals surface area contributed by atoms with Gasteiger partial charge in [0.2, 0.25) is 10.0 Å². The van der Waals surface area contributed by atoms with Crippen LogP contribution in [0, 0.1) is 0 Å². The summed E-state index contributed by atoms with van der Waals surface area (Å²) in [5.74, 6) is 0. The lowest BCUT2D eigenvalue weighted by Crippen LogP contribution is -2.05. The molecule has 0 aliphatic carbocycles. The molecule has 88 valence electrons. The van der Waals surface area contributed by atoms with Crippen molar-refractivity contribution in [2.45, 2.75) is 11.8 Å². The number of carbonyl (C=O) groups excluding carboxylic acids is 1. The van der Waals surface area contributed by atoms with Crippen molar-refractivity contribution >= 4 is 27.7 Å². The molecule has 5 nitrogen and oxygen atoms in total. The van der Waals surface area contributed by atoms with Gasteiger partial charge in [0.25, 0.3) is 0 Å². The predicted molar refractivity (Wildman–Crippen MR) is 59.9 cm³/mol. The number of carbonyl (C=O) groups is 1. The van der Waals surface area contributed by atoms with E-state index in [9.17, 15) is 13.6 Å². The summed E-state index contributed by atoms with van der Waals surface area (Å²) in [4.78, 5) is 10.9. The lowest BCUT2D eigenvalue weighted by atomic mass is 10.4. The van der Waals surface area contributed by atoms with Crippen LogP contribution in [0.4, 0.5) is 4.79 Å². The molecule has 1 amide bonds. The van der Waals surface area contributed by atoms with E-state index in [0.29, 0.717) is 5.02 Å². The number of hydrogen-bond acceptors (Lipinski definition) is 3. The second-order valence-electron chi connectivity index (χ2n) is 2.74. The van der Waals surface area contributed by atoms with E-state index in [1.807, 2.05) is 0 Å². The molecule has 0 saturated carbocycles. The second kappa shape index (κ2) is 5.29. The van der Waals surface area contributed by atoms with Crippen molar-refractivity contribution in [3.05, 3.63) is 29.3 Å². The van der Waals surface area contributed by atoms with Crippen molar-refractivity contribution in [3.63, 3.8) is 0 Å². The van der Waals surface area contributed by atoms with E-state index in [0.717, 1.165) is 0 Å². The lowest BCUT2D eigenvalue weighted by molar-refractivity contribution is 0.164. The first-order valence-electron chi connectivity index (χ1n) is 4.37. The van der Waals surface area contributed by atoms with Gasteiger partial charge in [-0.3, -0.25) is 4.55 Å². The van der Waals surface area contributed by atoms with E-state index >= 15 is 0 Å². The van der Waals surface area contributed by atoms with Crippen LogP contribution in [0.2, 0.25) is 5.02 Å². The molecule has 0 bridgehead atoms. The first-order valence-corrected chi connectivity index (χ1v) is 6.22. The maximum absolute atomic E-state index is 11.6. The second-order valence-corrected chi connectivity index (χ2v) is 4.82. The Kier molecular flexibility index (Phi) is 4.28. The largest absolute Gasteiger partial charge is 0.448 e. The van der Waals surface area contributed by atoms with Crippen molar-refractivity contribution in [1.82, 2.24) is 0 Å². The minimum atomic E-state index is -3.76. The molecular weight excluding hydrogens is 254 g/mol. The van der Waals surface area contributed by atoms with Crippen LogP contribution < -0.4 is 0 Å². The molecule has 0 radical (unpaired) electrons. The van der Waals surface area contributed by atoms with Crippen LogP contribution in [0.1, 0.15) is 6.92 Å². The fourth-order valence-corrected chi connectivity index (χ4v) is 1.89. The molecule has 7 heteroatoms. The minimum absolute atomic E-state index is 0.00459. The first kappa shape index (κ1) is 13.0. The predicted octanol–water partition coefficient (Wildman–Crippen LogP) is 2.80. The van der Waals surface area contributed by atoms with Crippen LogP contribution >= 0.6 is 11.6 Å². The van der Waals surface area contributed by atoms with Gasteiger partial charge in [-0.25, -0.2) is 9.00 Å². The van der Waals surface area contributed by atoms with Crippen molar-refractivity contribution in [3.8, 4) is 0 Å². The zero-order chi connectivity index (χ0) is 12.2. The van der Waals surface area contributed by atoms with E-state index in [-0.39, 0.29) is 11.5 Å². The van der Waals surface area contributed by atoms with Gasteiger partial charge in [-0.2, -0.15) is 0 Å². The van der Waals surface area contributed by atoms with Gasteiger partial charge in [-0.15, -0.1) is 0 Å². The molecule has 0 spiro atoms. The Morgan fingerprint density at radius 1 is 1.50 bits per heavy atom. The fraction of sp³-hybridized carbons (Fsp3) is 0.222. The molecule has 0 saturated heterocycles. The molecule has 0 fully saturated rings. The van der Waals surface area contributed by atoms with Gasteiger partial charge in [0.15, 0.2) is 0 Å². The molecule has 16 heavy (non-hydrogen) atoms. The molecule has 1 N–H and O–H groups in total. The highest BCUT2D eigenvalue weighted by molar-refractivity contribution is 7.88. The van der Waals surface area contributed by atoms with Gasteiger partial charge in [0.05, 0.1) is 11.5 Å². The number of hydrogen-bond donors (Lipinski definition) is 1. The van der Waals surface area contributed by atoms with Crippen LogP contribution in [-0.2, 0) is 14.7 Å². The van der Waals surface area contributed by atoms with Crippen molar-refractivity contribution in [1.29, 1.82) is 0 Å². The molecule has 0 aliphatic heterocycles. The summed E-state index contributed by atoms with van der Waals surface area (Å²) in [6, 6.07) is 5.53. The Bertz CT molecular complexity index is 491. The Hall–Kier alpha value is -1.11. The van der Waals surface area contributed by atoms with Crippen LogP contribution in [-0.4, -0.2) is 21.5 Å². The molecule has 1 rings (SSSR count). The van der Waals surface area contributed by atoms with Crippen molar-refractivity contribution < 1.29 is 18.3 Å². The Morgan fingerprint density at radius 3 is 2.56 bits per heavy atom. The number of ether oxygens (including phenoxy) is 1. The fourth-order valence-electron chi connectivity index (χ4n) is 0.915. The van der Waals surface area contributed by atoms with Crippen LogP contribution in [0.15, 0.2) is 33.5 Å². The third-order valence-electron chi connectivity index (χ3n) is 1.59. The molecular formula is C9H10ClNO4S. The van der Waals surface area contributed by atoms with E-state index < -0.39 is 16.1 Å². The monoisotopic (exact) mass is 263 g/mol. The topological polar surface area (TPSA) is 76.0 Å². The van der Waals surface area contributed by atoms with Crippen LogP contribution in [0.3, 0.4) is 0 Å². The quantitative estimate of drug-likeness (QED) is 0.890. The average molecular weight is 264 g/mol. The summed E-state index contributed by atoms with van der Waals surface area (Å²) in [7, 11) is -3.76. The molecule has 1 unspecified atom stereocenters. The summed E-state index contributed by atoms with van der Waals surface area (Å²) < 4.78 is 28.6. The average Bonchev–Trinajstić information content (AvgIpc) is 2.17. The third-order valence-corrected chi connectivity index (χ3v) is 3.12. The summed E-state index contributed by atoms with van der Waals surface area (Å²) in [6.45, 7) is 1.67. The highest BCUT2D eigenvalue weighted by Crippen LogP contribution is 2.15. The minimum Gasteiger partial charge on any atom is -0.448 e. The van der Waals surface area contributed by atoms with E-state index in [4.69, 9.17) is 11.6 Å². The van der Waals surface area contributed by atoms with Gasteiger partial charge in [0.1, 0.15) is 0 Å². The first-order chi connectivity index (χ1) is 7.45. The summed E-state index contributed by atoms with van der Waals surface area (Å²) >= 11 is 5.62. The smallest absolute Gasteiger partial charge is 0.443 e. The normalized spacial score (nSPS) is 13.9. The SMILES string of the molecule is CCOC(=O)N=S(=O)(O)c1ccc(Cl)cc1. The van der Waals surface area contributed by atoms with Crippen molar-refractivity contribution in [2.24, 2.45) is 4.36 Å². The third kappa shape index (κ3) is 3.48. The van der Waals surface area contributed by atoms with Gasteiger partial charge >= 0.3 is 6.09 Å². The zero-order valence-corrected chi connectivity index (χ0v) is 9.99. The highest BCUT2D eigenvalue weighted by Gasteiger charge is 2.11. The van der Waals surface area contributed by atoms with Gasteiger partial charge in [-0.05, 0) is 31.2 Å². The lowest BCUT2D eigenvalue weighted by Gasteiger charge is -2.02. The Morgan fingerprint density at radius 2 is 2.06 bits per heavy atom. The number of rotatable bonds is 2. The molecule has 1 aromatic carbocycles. The maximum atomic E-state index is 11.6. The Labute approximate surface area is 98.4 Å². The van der Waals surface area contributed by atoms with Gasteiger partial charge in [0, 0.05) is 5.02 Å². The number of amides is 1. The summed E-state index contributed by atoms with van der Waals surface area (Å²) in [5.41, 5.74) is 0. The van der Waals surface area contributed by atoms with E-state index in [2.05, 4.69) is 9.10 Å². The molecule has 1 atom stereocenters. The summed E-state index contributed by atoms with van der Waals surface area (Å²) in [5, 5.41) is 0.426. The Balaban J connectivity index is 3.06. The zero-order valence-electron chi connectivity index (χ0n) is 8.42. The standard InChI is InChI=1S/C9H10ClNO4S/c1-2-15-9(12)11-16(13,14)8-5-3-7(10)4-6-8/h3-6H,2H2,1H3,(H,11,12,13,14). The summed E-state index contributed by atoms with van der Waals surface area (Å²) in [6.07, 6.45) is -1.06. The van der Waals surface area contributed by atoms with Gasteiger partial charge < -0.3 is 4.74 Å². The van der Waals surface area contributed by atoms with E-state index in [1.165, 1.54) is 24.3 Å². The number of halogens is 1. The van der Waals surface area contributed by atoms with E-state index in [1.54, 1.807) is 6.92 Å². The molecule has 0 aliphatic rings. The van der Waals surface area contributed by atoms with Crippen LogP contribution in [0.25, 0.3) is 0 Å².